The fraction of sp³-hybridized carbons (Fsp3) is 0.846. The van der Waals surface area contributed by atoms with Crippen LogP contribution in [0.3, 0.4) is 0 Å². The maximum atomic E-state index is 5.55. The lowest BCUT2D eigenvalue weighted by Crippen LogP contribution is -2.39. The Kier molecular flexibility index (Phi) is 8.90. The fourth-order valence-electron chi connectivity index (χ4n) is 1.08. The number of rotatable bonds is 9. The highest BCUT2D eigenvalue weighted by Gasteiger charge is 2.12. The molecule has 0 aliphatic rings. The van der Waals surface area contributed by atoms with Gasteiger partial charge in [0.15, 0.2) is 6.79 Å². The Balaban J connectivity index is 3.67. The second kappa shape index (κ2) is 9.31. The zero-order valence-corrected chi connectivity index (χ0v) is 11.9. The number of nitrogens with one attached hydrogen (secondary N) is 1. The summed E-state index contributed by atoms with van der Waals surface area (Å²) in [6.07, 6.45) is 1.67. The highest BCUT2D eigenvalue weighted by Crippen LogP contribution is 2.01. The average Bonchev–Trinajstić information content (AvgIpc) is 2.30. The van der Waals surface area contributed by atoms with Gasteiger partial charge < -0.3 is 19.5 Å². The molecule has 0 saturated carbocycles. The number of hydrogen-bond donors (Lipinski definition) is 1. The van der Waals surface area contributed by atoms with Gasteiger partial charge in [0.2, 0.25) is 0 Å². The van der Waals surface area contributed by atoms with E-state index in [9.17, 15) is 0 Å². The normalized spacial score (nSPS) is 15.8. The van der Waals surface area contributed by atoms with Crippen LogP contribution >= 0.6 is 0 Å². The van der Waals surface area contributed by atoms with Gasteiger partial charge in [-0.25, -0.2) is 0 Å². The van der Waals surface area contributed by atoms with Gasteiger partial charge in [-0.3, -0.25) is 0 Å². The summed E-state index contributed by atoms with van der Waals surface area (Å²) in [4.78, 5) is 0. The predicted molar refractivity (Wildman–Crippen MR) is 69.6 cm³/mol. The second-order valence-corrected chi connectivity index (χ2v) is 4.68. The Hall–Kier alpha value is -0.740. The van der Waals surface area contributed by atoms with Gasteiger partial charge >= 0.3 is 0 Å². The van der Waals surface area contributed by atoms with Gasteiger partial charge in [0, 0.05) is 6.04 Å². The summed E-state index contributed by atoms with van der Waals surface area (Å²) < 4.78 is 15.7. The minimum atomic E-state index is 0.116. The standard InChI is InChI=1S/C13H27NO3/c1-10(2)7-14-12(4)13(5)17-9-16-8-11(3)15-6/h8,10,12-14H,7,9H2,1-6H3/b11-8-. The zero-order chi connectivity index (χ0) is 13.3. The monoisotopic (exact) mass is 245 g/mol. The third kappa shape index (κ3) is 9.01. The molecule has 2 atom stereocenters. The largest absolute Gasteiger partial charge is 0.498 e. The first-order chi connectivity index (χ1) is 7.97. The van der Waals surface area contributed by atoms with E-state index < -0.39 is 0 Å². The smallest absolute Gasteiger partial charge is 0.188 e. The molecule has 0 aliphatic heterocycles. The Morgan fingerprint density at radius 1 is 1.24 bits per heavy atom. The van der Waals surface area contributed by atoms with Crippen molar-refractivity contribution in [2.75, 3.05) is 20.4 Å². The van der Waals surface area contributed by atoms with Crippen LogP contribution in [-0.4, -0.2) is 32.6 Å². The number of methoxy groups -OCH3 is 1. The molecule has 0 fully saturated rings. The first-order valence-corrected chi connectivity index (χ1v) is 6.14. The van der Waals surface area contributed by atoms with Crippen molar-refractivity contribution in [2.24, 2.45) is 5.92 Å². The quantitative estimate of drug-likeness (QED) is 0.385. The van der Waals surface area contributed by atoms with Gasteiger partial charge in [-0.1, -0.05) is 13.8 Å². The molecule has 0 radical (unpaired) electrons. The molecule has 0 aliphatic carbocycles. The molecule has 0 aromatic heterocycles. The molecular formula is C13H27NO3. The molecule has 0 aromatic rings. The van der Waals surface area contributed by atoms with Crippen molar-refractivity contribution in [1.29, 1.82) is 0 Å². The molecule has 0 amide bonds. The van der Waals surface area contributed by atoms with E-state index in [0.717, 1.165) is 12.3 Å². The van der Waals surface area contributed by atoms with Crippen LogP contribution in [0.25, 0.3) is 0 Å². The van der Waals surface area contributed by atoms with Crippen molar-refractivity contribution in [1.82, 2.24) is 5.32 Å². The lowest BCUT2D eigenvalue weighted by molar-refractivity contribution is -0.0624. The summed E-state index contributed by atoms with van der Waals surface area (Å²) in [7, 11) is 1.61. The number of hydrogen-bond acceptors (Lipinski definition) is 4. The van der Waals surface area contributed by atoms with Crippen molar-refractivity contribution < 1.29 is 14.2 Å². The lowest BCUT2D eigenvalue weighted by Gasteiger charge is -2.22. The van der Waals surface area contributed by atoms with Crippen LogP contribution in [-0.2, 0) is 14.2 Å². The average molecular weight is 245 g/mol. The molecule has 2 unspecified atom stereocenters. The minimum Gasteiger partial charge on any atom is -0.498 e. The van der Waals surface area contributed by atoms with Gasteiger partial charge in [0.25, 0.3) is 0 Å². The second-order valence-electron chi connectivity index (χ2n) is 4.68. The van der Waals surface area contributed by atoms with Crippen LogP contribution in [0.4, 0.5) is 0 Å². The number of allylic oxidation sites excluding steroid dienone is 1. The Morgan fingerprint density at radius 2 is 1.88 bits per heavy atom. The van der Waals surface area contributed by atoms with E-state index in [1.54, 1.807) is 13.4 Å². The molecule has 0 heterocycles. The molecular weight excluding hydrogens is 218 g/mol. The molecule has 1 N–H and O–H groups in total. The summed E-state index contributed by atoms with van der Waals surface area (Å²) in [5.74, 6) is 1.38. The highest BCUT2D eigenvalue weighted by molar-refractivity contribution is 4.79. The van der Waals surface area contributed by atoms with E-state index in [0.29, 0.717) is 12.0 Å². The molecule has 4 nitrogen and oxygen atoms in total. The van der Waals surface area contributed by atoms with Gasteiger partial charge in [0.1, 0.15) is 12.0 Å². The van der Waals surface area contributed by atoms with Gasteiger partial charge in [0.05, 0.1) is 13.2 Å². The third-order valence-corrected chi connectivity index (χ3v) is 2.52. The van der Waals surface area contributed by atoms with Crippen molar-refractivity contribution in [2.45, 2.75) is 46.8 Å². The molecule has 0 rings (SSSR count). The summed E-state index contributed by atoms with van der Waals surface area (Å²) in [6.45, 7) is 11.6. The number of ether oxygens (including phenoxy) is 3. The van der Waals surface area contributed by atoms with Crippen LogP contribution in [0.1, 0.15) is 34.6 Å². The van der Waals surface area contributed by atoms with E-state index in [4.69, 9.17) is 14.2 Å². The van der Waals surface area contributed by atoms with E-state index in [1.807, 2.05) is 13.8 Å². The first kappa shape index (κ1) is 16.3. The summed E-state index contributed by atoms with van der Waals surface area (Å²) >= 11 is 0. The summed E-state index contributed by atoms with van der Waals surface area (Å²) in [6, 6.07) is 0.313. The van der Waals surface area contributed by atoms with Crippen LogP contribution in [0, 0.1) is 5.92 Å². The molecule has 0 aromatic carbocycles. The maximum Gasteiger partial charge on any atom is 0.188 e. The van der Waals surface area contributed by atoms with Gasteiger partial charge in [-0.15, -0.1) is 0 Å². The van der Waals surface area contributed by atoms with Gasteiger partial charge in [-0.2, -0.15) is 0 Å². The van der Waals surface area contributed by atoms with Crippen molar-refractivity contribution >= 4 is 0 Å². The van der Waals surface area contributed by atoms with E-state index in [1.165, 1.54) is 0 Å². The Labute approximate surface area is 105 Å². The first-order valence-electron chi connectivity index (χ1n) is 6.14. The van der Waals surface area contributed by atoms with Crippen LogP contribution < -0.4 is 5.32 Å². The summed E-state index contributed by atoms with van der Waals surface area (Å²) in [5.41, 5.74) is 0. The molecule has 17 heavy (non-hydrogen) atoms. The maximum absolute atomic E-state index is 5.55. The van der Waals surface area contributed by atoms with Crippen molar-refractivity contribution in [3.05, 3.63) is 12.0 Å². The van der Waals surface area contributed by atoms with Crippen LogP contribution in [0.15, 0.2) is 12.0 Å². The van der Waals surface area contributed by atoms with E-state index in [2.05, 4.69) is 26.1 Å². The topological polar surface area (TPSA) is 39.7 Å². The van der Waals surface area contributed by atoms with Crippen molar-refractivity contribution in [3.8, 4) is 0 Å². The minimum absolute atomic E-state index is 0.116. The Morgan fingerprint density at radius 3 is 2.41 bits per heavy atom. The van der Waals surface area contributed by atoms with Crippen molar-refractivity contribution in [3.63, 3.8) is 0 Å². The van der Waals surface area contributed by atoms with E-state index in [-0.39, 0.29) is 12.9 Å². The van der Waals surface area contributed by atoms with Crippen LogP contribution in [0.5, 0.6) is 0 Å². The van der Waals surface area contributed by atoms with Gasteiger partial charge in [-0.05, 0) is 33.2 Å². The third-order valence-electron chi connectivity index (χ3n) is 2.52. The molecule has 0 saturated heterocycles. The zero-order valence-electron chi connectivity index (χ0n) is 11.9. The molecule has 0 bridgehead atoms. The SMILES string of the molecule is CO/C(C)=C\OCOC(C)C(C)NCC(C)C. The lowest BCUT2D eigenvalue weighted by atomic mass is 10.1. The fourth-order valence-corrected chi connectivity index (χ4v) is 1.08. The van der Waals surface area contributed by atoms with Crippen LogP contribution in [0.2, 0.25) is 0 Å². The molecule has 0 spiro atoms. The molecule has 4 heteroatoms. The Bertz CT molecular complexity index is 217. The summed E-state index contributed by atoms with van der Waals surface area (Å²) in [5, 5.41) is 3.42. The predicted octanol–water partition coefficient (Wildman–Crippen LogP) is 2.51. The highest BCUT2D eigenvalue weighted by atomic mass is 16.7. The van der Waals surface area contributed by atoms with E-state index >= 15 is 0 Å². The molecule has 102 valence electrons.